The molecule has 0 saturated carbocycles. The Balaban J connectivity index is 0.000000188. The van der Waals surface area contributed by atoms with Crippen molar-refractivity contribution >= 4 is 59.2 Å². The first-order valence-electron chi connectivity index (χ1n) is 12.5. The first-order valence-corrected chi connectivity index (χ1v) is 15.2. The monoisotopic (exact) mass is 680 g/mol. The second-order valence-electron chi connectivity index (χ2n) is 8.66. The normalized spacial score (nSPS) is 16.4. The second-order valence-corrected chi connectivity index (χ2v) is 11.1. The Morgan fingerprint density at radius 3 is 1.72 bits per heavy atom. The molecule has 0 atom stereocenters. The van der Waals surface area contributed by atoms with Crippen LogP contribution in [0.3, 0.4) is 0 Å². The fourth-order valence-electron chi connectivity index (χ4n) is 3.85. The van der Waals surface area contributed by atoms with Gasteiger partial charge in [0.25, 0.3) is 0 Å². The van der Waals surface area contributed by atoms with Crippen molar-refractivity contribution < 1.29 is 4.74 Å². The standard InChI is InChI=1S/C12H13BrN2.C8H5Br2N.C4H9N.C4H8O/c1-14-12-8-11(13)5-4-10(12)9-15-6-2-3-7-15;1-11-8-4-7(10)3-2-6(8)5-9;2*1-2-4-5-3-1/h4-5,8H,2-3,6-7,9H2;2-4H,5H2;5H,1-4H2;1-4H2. The zero-order valence-electron chi connectivity index (χ0n) is 20.7. The van der Waals surface area contributed by atoms with Crippen LogP contribution in [-0.2, 0) is 16.6 Å². The van der Waals surface area contributed by atoms with Crippen molar-refractivity contribution in [3.63, 3.8) is 0 Å². The first kappa shape index (κ1) is 31.0. The Bertz CT molecular complexity index is 964. The van der Waals surface area contributed by atoms with E-state index in [-0.39, 0.29) is 0 Å². The zero-order valence-corrected chi connectivity index (χ0v) is 25.5. The molecular formula is C28H35Br3N4O. The summed E-state index contributed by atoms with van der Waals surface area (Å²) in [6, 6.07) is 11.7. The van der Waals surface area contributed by atoms with Gasteiger partial charge in [0.1, 0.15) is 0 Å². The van der Waals surface area contributed by atoms with Crippen LogP contribution in [0.25, 0.3) is 9.69 Å². The van der Waals surface area contributed by atoms with E-state index in [0.29, 0.717) is 5.69 Å². The molecule has 0 spiro atoms. The summed E-state index contributed by atoms with van der Waals surface area (Å²) >= 11 is 10.0. The highest BCUT2D eigenvalue weighted by atomic mass is 79.9. The Hall–Kier alpha value is -1.26. The van der Waals surface area contributed by atoms with E-state index >= 15 is 0 Å². The number of hydrogen-bond acceptors (Lipinski definition) is 3. The minimum absolute atomic E-state index is 0.705. The third-order valence-electron chi connectivity index (χ3n) is 5.86. The van der Waals surface area contributed by atoms with Crippen molar-refractivity contribution in [2.75, 3.05) is 39.4 Å². The topological polar surface area (TPSA) is 33.2 Å². The van der Waals surface area contributed by atoms with Crippen molar-refractivity contribution in [2.24, 2.45) is 0 Å². The number of halogens is 3. The SMILES string of the molecule is C1CCNC1.C1CCOC1.[C-]#[N+]c1cc(Br)ccc1CBr.[C-]#[N+]c1cc(Br)ccc1CN1CCCC1. The average molecular weight is 683 g/mol. The molecule has 3 saturated heterocycles. The predicted octanol–water partition coefficient (Wildman–Crippen LogP) is 8.66. The van der Waals surface area contributed by atoms with Gasteiger partial charge in [-0.25, -0.2) is 9.69 Å². The van der Waals surface area contributed by atoms with E-state index in [1.807, 2.05) is 30.3 Å². The molecule has 3 heterocycles. The Labute approximate surface area is 242 Å². The number of nitrogens with zero attached hydrogens (tertiary/aromatic N) is 3. The van der Waals surface area contributed by atoms with Gasteiger partial charge >= 0.3 is 0 Å². The maximum absolute atomic E-state index is 7.14. The van der Waals surface area contributed by atoms with Crippen molar-refractivity contribution in [1.29, 1.82) is 0 Å². The van der Waals surface area contributed by atoms with Gasteiger partial charge in [-0.1, -0.05) is 72.1 Å². The molecule has 0 bridgehead atoms. The number of likely N-dealkylation sites (tertiary alicyclic amines) is 1. The van der Waals surface area contributed by atoms with Crippen molar-refractivity contribution in [2.45, 2.75) is 50.4 Å². The fourth-order valence-corrected chi connectivity index (χ4v) is 5.02. The molecule has 3 fully saturated rings. The molecule has 2 aromatic rings. The van der Waals surface area contributed by atoms with E-state index < -0.39 is 0 Å². The van der Waals surface area contributed by atoms with Crippen molar-refractivity contribution in [3.8, 4) is 0 Å². The van der Waals surface area contributed by atoms with Gasteiger partial charge in [-0.05, 0) is 88.0 Å². The van der Waals surface area contributed by atoms with E-state index in [0.717, 1.165) is 50.8 Å². The van der Waals surface area contributed by atoms with Gasteiger partial charge in [0.2, 0.25) is 0 Å². The molecule has 5 nitrogen and oxygen atoms in total. The van der Waals surface area contributed by atoms with Gasteiger partial charge in [0.15, 0.2) is 11.4 Å². The summed E-state index contributed by atoms with van der Waals surface area (Å²) in [6.45, 7) is 21.8. The summed E-state index contributed by atoms with van der Waals surface area (Å²) in [4.78, 5) is 9.37. The number of hydrogen-bond donors (Lipinski definition) is 1. The molecule has 0 amide bonds. The lowest BCUT2D eigenvalue weighted by molar-refractivity contribution is 0.198. The lowest BCUT2D eigenvalue weighted by Crippen LogP contribution is -2.18. The molecule has 1 N–H and O–H groups in total. The van der Waals surface area contributed by atoms with Crippen LogP contribution < -0.4 is 5.32 Å². The Kier molecular flexibility index (Phi) is 16.3. The quantitative estimate of drug-likeness (QED) is 0.260. The lowest BCUT2D eigenvalue weighted by Gasteiger charge is -2.15. The molecule has 2 aromatic carbocycles. The maximum atomic E-state index is 7.14. The van der Waals surface area contributed by atoms with Crippen LogP contribution in [0.5, 0.6) is 0 Å². The summed E-state index contributed by atoms with van der Waals surface area (Å²) in [7, 11) is 0. The molecule has 0 aromatic heterocycles. The van der Waals surface area contributed by atoms with Gasteiger partial charge in [-0.2, -0.15) is 0 Å². The molecule has 194 valence electrons. The fraction of sp³-hybridized carbons (Fsp3) is 0.500. The van der Waals surface area contributed by atoms with Crippen LogP contribution in [0.15, 0.2) is 45.3 Å². The van der Waals surface area contributed by atoms with Crippen molar-refractivity contribution in [3.05, 3.63) is 79.3 Å². The summed E-state index contributed by atoms with van der Waals surface area (Å²) in [6.07, 6.45) is 7.92. The molecule has 0 radical (unpaired) electrons. The number of alkyl halides is 1. The Morgan fingerprint density at radius 1 is 0.778 bits per heavy atom. The summed E-state index contributed by atoms with van der Waals surface area (Å²) < 4.78 is 6.88. The number of benzene rings is 2. The van der Waals surface area contributed by atoms with Crippen molar-refractivity contribution in [1.82, 2.24) is 10.2 Å². The minimum Gasteiger partial charge on any atom is -0.381 e. The number of rotatable bonds is 3. The highest BCUT2D eigenvalue weighted by Crippen LogP contribution is 2.27. The molecular weight excluding hydrogens is 648 g/mol. The molecule has 3 aliphatic heterocycles. The number of nitrogens with one attached hydrogen (secondary N) is 1. The molecule has 5 rings (SSSR count). The van der Waals surface area contributed by atoms with Crippen LogP contribution in [0.4, 0.5) is 11.4 Å². The van der Waals surface area contributed by atoms with Crippen LogP contribution >= 0.6 is 47.8 Å². The third-order valence-corrected chi connectivity index (χ3v) is 7.45. The van der Waals surface area contributed by atoms with Gasteiger partial charge in [0.05, 0.1) is 13.1 Å². The van der Waals surface area contributed by atoms with E-state index in [9.17, 15) is 0 Å². The molecule has 0 aliphatic carbocycles. The van der Waals surface area contributed by atoms with Gasteiger partial charge in [0, 0.05) is 34.0 Å². The number of ether oxygens (including phenoxy) is 1. The average Bonchev–Trinajstić information content (AvgIpc) is 3.71. The smallest absolute Gasteiger partial charge is 0.192 e. The lowest BCUT2D eigenvalue weighted by atomic mass is 10.1. The van der Waals surface area contributed by atoms with E-state index in [1.54, 1.807) is 0 Å². The minimum atomic E-state index is 0.705. The zero-order chi connectivity index (χ0) is 26.0. The summed E-state index contributed by atoms with van der Waals surface area (Å²) in [5, 5.41) is 3.96. The van der Waals surface area contributed by atoms with Gasteiger partial charge < -0.3 is 15.0 Å². The van der Waals surface area contributed by atoms with E-state index in [4.69, 9.17) is 17.9 Å². The Morgan fingerprint density at radius 2 is 1.31 bits per heavy atom. The molecule has 8 heteroatoms. The van der Waals surface area contributed by atoms with Crippen LogP contribution in [-0.4, -0.2) is 44.3 Å². The molecule has 36 heavy (non-hydrogen) atoms. The van der Waals surface area contributed by atoms with E-state index in [1.165, 1.54) is 64.7 Å². The summed E-state index contributed by atoms with van der Waals surface area (Å²) in [5.74, 6) is 0. The maximum Gasteiger partial charge on any atom is 0.192 e. The van der Waals surface area contributed by atoms with Gasteiger partial charge in [-0.3, -0.25) is 0 Å². The third kappa shape index (κ3) is 12.3. The van der Waals surface area contributed by atoms with Crippen LogP contribution in [0.1, 0.15) is 49.7 Å². The molecule has 0 unspecified atom stereocenters. The first-order chi connectivity index (χ1) is 17.6. The van der Waals surface area contributed by atoms with Gasteiger partial charge in [-0.15, -0.1) is 0 Å². The van der Waals surface area contributed by atoms with Crippen LogP contribution in [0.2, 0.25) is 0 Å². The van der Waals surface area contributed by atoms with E-state index in [2.05, 4.69) is 73.8 Å². The predicted molar refractivity (Wildman–Crippen MR) is 160 cm³/mol. The van der Waals surface area contributed by atoms with Crippen LogP contribution in [0, 0.1) is 13.1 Å². The summed E-state index contributed by atoms with van der Waals surface area (Å²) in [5.41, 5.74) is 3.66. The highest BCUT2D eigenvalue weighted by Gasteiger charge is 2.13. The highest BCUT2D eigenvalue weighted by molar-refractivity contribution is 9.10. The molecule has 3 aliphatic rings. The second kappa shape index (κ2) is 18.9. The largest absolute Gasteiger partial charge is 0.381 e.